The number of benzene rings is 2. The summed E-state index contributed by atoms with van der Waals surface area (Å²) in [4.78, 5) is 15.5. The lowest BCUT2D eigenvalue weighted by atomic mass is 10.1. The Morgan fingerprint density at radius 2 is 1.70 bits per heavy atom. The molecule has 0 atom stereocenters. The highest BCUT2D eigenvalue weighted by atomic mass is 32.2. The number of nitrogens with one attached hydrogen (secondary N) is 2. The molecule has 4 rings (SSSR count). The van der Waals surface area contributed by atoms with E-state index in [4.69, 9.17) is 0 Å². The van der Waals surface area contributed by atoms with Gasteiger partial charge in [-0.15, -0.1) is 0 Å². The minimum atomic E-state index is -4.08. The van der Waals surface area contributed by atoms with Crippen molar-refractivity contribution in [3.8, 4) is 11.3 Å². The number of carbonyl (C=O) groups excluding carboxylic acids is 1. The van der Waals surface area contributed by atoms with E-state index in [1.54, 1.807) is 37.4 Å². The number of pyridine rings is 1. The van der Waals surface area contributed by atoms with Crippen LogP contribution in [0.5, 0.6) is 0 Å². The maximum Gasteiger partial charge on any atom is 0.337 e. The molecule has 12 heteroatoms. The first-order valence-electron chi connectivity index (χ1n) is 11.0. The average Bonchev–Trinajstić information content (AvgIpc) is 3.34. The van der Waals surface area contributed by atoms with Gasteiger partial charge in [-0.3, -0.25) is 9.71 Å². The van der Waals surface area contributed by atoms with E-state index in [1.807, 2.05) is 0 Å². The van der Waals surface area contributed by atoms with E-state index in [1.165, 1.54) is 62.1 Å². The van der Waals surface area contributed by atoms with E-state index in [-0.39, 0.29) is 26.7 Å². The third-order valence-electron chi connectivity index (χ3n) is 5.45. The number of esters is 1. The van der Waals surface area contributed by atoms with Crippen LogP contribution in [-0.2, 0) is 31.3 Å². The molecule has 0 bridgehead atoms. The summed E-state index contributed by atoms with van der Waals surface area (Å²) in [5.41, 5.74) is 1.69. The normalized spacial score (nSPS) is 11.7. The van der Waals surface area contributed by atoms with Crippen molar-refractivity contribution < 1.29 is 26.4 Å². The molecule has 37 heavy (non-hydrogen) atoms. The molecule has 0 radical (unpaired) electrons. The molecule has 192 valence electrons. The van der Waals surface area contributed by atoms with Crippen LogP contribution in [0.15, 0.2) is 95.1 Å². The van der Waals surface area contributed by atoms with Crippen LogP contribution in [0.3, 0.4) is 0 Å². The molecular formula is C25H24N4O6S2. The van der Waals surface area contributed by atoms with Gasteiger partial charge in [-0.05, 0) is 61.1 Å². The van der Waals surface area contributed by atoms with Gasteiger partial charge >= 0.3 is 5.97 Å². The highest BCUT2D eigenvalue weighted by Gasteiger charge is 2.25. The Balaban J connectivity index is 1.79. The molecule has 2 heterocycles. The Morgan fingerprint density at radius 3 is 2.35 bits per heavy atom. The number of para-hydroxylation sites is 1. The van der Waals surface area contributed by atoms with Crippen molar-refractivity contribution in [1.29, 1.82) is 0 Å². The second-order valence-electron chi connectivity index (χ2n) is 7.92. The number of nitrogens with zero attached hydrogens (tertiary/aromatic N) is 2. The Labute approximate surface area is 215 Å². The lowest BCUT2D eigenvalue weighted by molar-refractivity contribution is 0.0600. The second kappa shape index (κ2) is 10.5. The maximum atomic E-state index is 13.5. The number of methoxy groups -OCH3 is 1. The number of carbonyl (C=O) groups is 1. The molecule has 0 unspecified atom stereocenters. The van der Waals surface area contributed by atoms with E-state index in [0.29, 0.717) is 17.7 Å². The van der Waals surface area contributed by atoms with E-state index in [0.717, 1.165) is 3.97 Å². The van der Waals surface area contributed by atoms with Crippen molar-refractivity contribution in [3.63, 3.8) is 0 Å². The monoisotopic (exact) mass is 540 g/mol. The van der Waals surface area contributed by atoms with Gasteiger partial charge in [0.15, 0.2) is 0 Å². The van der Waals surface area contributed by atoms with Crippen LogP contribution in [0.4, 0.5) is 5.69 Å². The van der Waals surface area contributed by atoms with Gasteiger partial charge in [0.2, 0.25) is 0 Å². The lowest BCUT2D eigenvalue weighted by Gasteiger charge is -2.15. The van der Waals surface area contributed by atoms with Crippen molar-refractivity contribution in [2.75, 3.05) is 18.9 Å². The summed E-state index contributed by atoms with van der Waals surface area (Å²) in [6.07, 6.45) is 4.22. The fraction of sp³-hybridized carbons (Fsp3) is 0.120. The Bertz CT molecular complexity index is 1630. The first kappa shape index (κ1) is 26.1. The minimum Gasteiger partial charge on any atom is -0.465 e. The fourth-order valence-electron chi connectivity index (χ4n) is 3.69. The van der Waals surface area contributed by atoms with E-state index in [9.17, 15) is 21.6 Å². The number of hydrogen-bond acceptors (Lipinski definition) is 8. The summed E-state index contributed by atoms with van der Waals surface area (Å²) in [5.74, 6) is -0.588. The Morgan fingerprint density at radius 1 is 0.973 bits per heavy atom. The average molecular weight is 541 g/mol. The zero-order valence-electron chi connectivity index (χ0n) is 20.0. The van der Waals surface area contributed by atoms with Gasteiger partial charge < -0.3 is 10.1 Å². The standard InChI is InChI=1S/C25H24N4O6S2/c1-26-15-18-14-24(29(17-18)37(33,34)21-6-5-13-27-16-21)22-7-3-4-8-23(22)28-36(31,32)20-11-9-19(10-12-20)25(30)35-2/h3-14,16-17,26,28H,15H2,1-2H3. The maximum absolute atomic E-state index is 13.5. The summed E-state index contributed by atoms with van der Waals surface area (Å²) in [6.45, 7) is 0.392. The van der Waals surface area contributed by atoms with E-state index in [2.05, 4.69) is 19.8 Å². The van der Waals surface area contributed by atoms with E-state index >= 15 is 0 Å². The molecule has 2 N–H and O–H groups in total. The molecule has 0 aliphatic rings. The topological polar surface area (TPSA) is 136 Å². The number of rotatable bonds is 9. The number of hydrogen-bond donors (Lipinski definition) is 2. The molecule has 0 saturated heterocycles. The van der Waals surface area contributed by atoms with Crippen molar-refractivity contribution in [2.24, 2.45) is 0 Å². The van der Waals surface area contributed by atoms with Crippen molar-refractivity contribution in [1.82, 2.24) is 14.3 Å². The fourth-order valence-corrected chi connectivity index (χ4v) is 6.13. The van der Waals surface area contributed by atoms with Crippen LogP contribution in [0, 0.1) is 0 Å². The van der Waals surface area contributed by atoms with Crippen LogP contribution in [0.2, 0.25) is 0 Å². The summed E-state index contributed by atoms with van der Waals surface area (Å²) in [5, 5.41) is 2.99. The molecule has 0 aliphatic carbocycles. The molecule has 0 saturated carbocycles. The zero-order valence-corrected chi connectivity index (χ0v) is 21.6. The predicted octanol–water partition coefficient (Wildman–Crippen LogP) is 3.09. The van der Waals surface area contributed by atoms with Crippen LogP contribution >= 0.6 is 0 Å². The molecule has 10 nitrogen and oxygen atoms in total. The Hall–Kier alpha value is -4.00. The summed E-state index contributed by atoms with van der Waals surface area (Å²) < 4.78 is 61.7. The third-order valence-corrected chi connectivity index (χ3v) is 8.49. The van der Waals surface area contributed by atoms with Crippen molar-refractivity contribution in [3.05, 3.63) is 96.4 Å². The van der Waals surface area contributed by atoms with Gasteiger partial charge in [0.25, 0.3) is 20.0 Å². The molecule has 0 fully saturated rings. The van der Waals surface area contributed by atoms with Gasteiger partial charge in [0, 0.05) is 30.7 Å². The van der Waals surface area contributed by atoms with Crippen LogP contribution < -0.4 is 10.0 Å². The van der Waals surface area contributed by atoms with Gasteiger partial charge in [0.1, 0.15) is 4.90 Å². The molecule has 0 spiro atoms. The summed E-state index contributed by atoms with van der Waals surface area (Å²) in [6, 6.07) is 16.4. The van der Waals surface area contributed by atoms with Gasteiger partial charge in [0.05, 0.1) is 29.0 Å². The first-order chi connectivity index (χ1) is 17.7. The van der Waals surface area contributed by atoms with Crippen molar-refractivity contribution in [2.45, 2.75) is 16.3 Å². The van der Waals surface area contributed by atoms with Crippen LogP contribution in [0.1, 0.15) is 15.9 Å². The molecule has 2 aromatic heterocycles. The SMILES string of the molecule is CNCc1cc(-c2ccccc2NS(=O)(=O)c2ccc(C(=O)OC)cc2)n(S(=O)(=O)c2cccnc2)c1. The lowest BCUT2D eigenvalue weighted by Crippen LogP contribution is -2.16. The molecule has 0 aliphatic heterocycles. The number of aromatic nitrogens is 2. The van der Waals surface area contributed by atoms with Gasteiger partial charge in [-0.1, -0.05) is 18.2 Å². The largest absolute Gasteiger partial charge is 0.465 e. The second-order valence-corrected chi connectivity index (χ2v) is 11.4. The highest BCUT2D eigenvalue weighted by Crippen LogP contribution is 2.33. The third kappa shape index (κ3) is 5.40. The smallest absolute Gasteiger partial charge is 0.337 e. The van der Waals surface area contributed by atoms with Gasteiger partial charge in [-0.2, -0.15) is 0 Å². The Kier molecular flexibility index (Phi) is 7.43. The number of sulfonamides is 1. The summed E-state index contributed by atoms with van der Waals surface area (Å²) in [7, 11) is -5.15. The quantitative estimate of drug-likeness (QED) is 0.309. The van der Waals surface area contributed by atoms with E-state index < -0.39 is 26.0 Å². The molecule has 4 aromatic rings. The highest BCUT2D eigenvalue weighted by molar-refractivity contribution is 7.92. The first-order valence-corrected chi connectivity index (χ1v) is 13.9. The molecule has 0 amide bonds. The zero-order chi connectivity index (χ0) is 26.6. The number of anilines is 1. The van der Waals surface area contributed by atoms with Crippen LogP contribution in [-0.4, -0.2) is 45.9 Å². The number of ether oxygens (including phenoxy) is 1. The minimum absolute atomic E-state index is 0.00776. The predicted molar refractivity (Wildman–Crippen MR) is 138 cm³/mol. The molecule has 2 aromatic carbocycles. The van der Waals surface area contributed by atoms with Gasteiger partial charge in [-0.25, -0.2) is 25.6 Å². The van der Waals surface area contributed by atoms with Crippen molar-refractivity contribution >= 4 is 31.7 Å². The van der Waals surface area contributed by atoms with Crippen LogP contribution in [0.25, 0.3) is 11.3 Å². The molecular weight excluding hydrogens is 516 g/mol. The summed E-state index contributed by atoms with van der Waals surface area (Å²) >= 11 is 0.